The molecular weight excluding hydrogens is 278 g/mol. The summed E-state index contributed by atoms with van der Waals surface area (Å²) in [5.74, 6) is -0.205. The van der Waals surface area contributed by atoms with Crippen LogP contribution in [0.15, 0.2) is 48.5 Å². The van der Waals surface area contributed by atoms with Gasteiger partial charge in [0.25, 0.3) is 5.91 Å². The largest absolute Gasteiger partial charge is 0.338 e. The maximum atomic E-state index is 12.4. The van der Waals surface area contributed by atoms with E-state index < -0.39 is 0 Å². The zero-order valence-electron chi connectivity index (χ0n) is 12.6. The minimum absolute atomic E-state index is 0.205. The lowest BCUT2D eigenvalue weighted by molar-refractivity contribution is 0.102. The van der Waals surface area contributed by atoms with Crippen molar-refractivity contribution in [2.45, 2.75) is 13.8 Å². The molecule has 0 saturated heterocycles. The van der Waals surface area contributed by atoms with Gasteiger partial charge < -0.3 is 16.0 Å². The van der Waals surface area contributed by atoms with Gasteiger partial charge in [0, 0.05) is 12.1 Å². The van der Waals surface area contributed by atoms with E-state index in [0.29, 0.717) is 23.5 Å². The Bertz CT molecular complexity index is 683. The highest BCUT2D eigenvalue weighted by molar-refractivity contribution is 6.07. The molecule has 2 rings (SSSR count). The maximum absolute atomic E-state index is 12.4. The van der Waals surface area contributed by atoms with Crippen LogP contribution in [0, 0.1) is 6.92 Å². The predicted octanol–water partition coefficient (Wildman–Crippen LogP) is 3.39. The first-order valence-electron chi connectivity index (χ1n) is 7.12. The zero-order valence-corrected chi connectivity index (χ0v) is 12.6. The summed E-state index contributed by atoms with van der Waals surface area (Å²) in [6.07, 6.45) is 0. The molecular formula is C17H19N3O2. The van der Waals surface area contributed by atoms with Crippen molar-refractivity contribution in [1.29, 1.82) is 0 Å². The van der Waals surface area contributed by atoms with Gasteiger partial charge in [-0.05, 0) is 37.6 Å². The van der Waals surface area contributed by atoms with E-state index in [1.807, 2.05) is 32.0 Å². The van der Waals surface area contributed by atoms with Crippen LogP contribution in [-0.4, -0.2) is 18.5 Å². The van der Waals surface area contributed by atoms with Crippen LogP contribution >= 0.6 is 0 Å². The standard InChI is InChI=1S/C17H19N3O2/c1-3-18-17(22)20-15-11-7-6-10-14(15)19-16(21)13-9-5-4-8-12(13)2/h4-11H,3H2,1-2H3,(H,19,21)(H2,18,20,22). The fraction of sp³-hybridized carbons (Fsp3) is 0.176. The third-order valence-corrected chi connectivity index (χ3v) is 3.15. The van der Waals surface area contributed by atoms with Crippen LogP contribution in [0.1, 0.15) is 22.8 Å². The van der Waals surface area contributed by atoms with Crippen molar-refractivity contribution in [3.05, 3.63) is 59.7 Å². The van der Waals surface area contributed by atoms with Crippen molar-refractivity contribution < 1.29 is 9.59 Å². The number of urea groups is 1. The summed E-state index contributed by atoms with van der Waals surface area (Å²) < 4.78 is 0. The molecule has 0 spiro atoms. The quantitative estimate of drug-likeness (QED) is 0.809. The van der Waals surface area contributed by atoms with Gasteiger partial charge in [-0.1, -0.05) is 30.3 Å². The molecule has 0 fully saturated rings. The van der Waals surface area contributed by atoms with Gasteiger partial charge in [-0.25, -0.2) is 4.79 Å². The first kappa shape index (κ1) is 15.6. The van der Waals surface area contributed by atoms with E-state index in [4.69, 9.17) is 0 Å². The number of para-hydroxylation sites is 2. The zero-order chi connectivity index (χ0) is 15.9. The summed E-state index contributed by atoms with van der Waals surface area (Å²) in [5, 5.41) is 8.20. The number of benzene rings is 2. The monoisotopic (exact) mass is 297 g/mol. The lowest BCUT2D eigenvalue weighted by atomic mass is 10.1. The molecule has 0 aliphatic heterocycles. The van der Waals surface area contributed by atoms with Crippen molar-refractivity contribution in [3.63, 3.8) is 0 Å². The minimum Gasteiger partial charge on any atom is -0.338 e. The van der Waals surface area contributed by atoms with Crippen molar-refractivity contribution >= 4 is 23.3 Å². The molecule has 0 unspecified atom stereocenters. The van der Waals surface area contributed by atoms with Gasteiger partial charge in [0.15, 0.2) is 0 Å². The number of anilines is 2. The predicted molar refractivity (Wildman–Crippen MR) is 88.3 cm³/mol. The van der Waals surface area contributed by atoms with Crippen LogP contribution in [0.5, 0.6) is 0 Å². The molecule has 0 heterocycles. The van der Waals surface area contributed by atoms with Crippen LogP contribution in [0.3, 0.4) is 0 Å². The van der Waals surface area contributed by atoms with Crippen LogP contribution < -0.4 is 16.0 Å². The highest BCUT2D eigenvalue weighted by atomic mass is 16.2. The topological polar surface area (TPSA) is 70.2 Å². The molecule has 0 aromatic heterocycles. The third-order valence-electron chi connectivity index (χ3n) is 3.15. The number of carbonyl (C=O) groups excluding carboxylic acids is 2. The van der Waals surface area contributed by atoms with Gasteiger partial charge in [-0.3, -0.25) is 4.79 Å². The number of nitrogens with one attached hydrogen (secondary N) is 3. The number of aryl methyl sites for hydroxylation is 1. The lowest BCUT2D eigenvalue weighted by Gasteiger charge is -2.13. The Kier molecular flexibility index (Phi) is 5.14. The Balaban J connectivity index is 2.18. The summed E-state index contributed by atoms with van der Waals surface area (Å²) >= 11 is 0. The maximum Gasteiger partial charge on any atom is 0.319 e. The second-order valence-electron chi connectivity index (χ2n) is 4.80. The third kappa shape index (κ3) is 3.85. The minimum atomic E-state index is -0.305. The lowest BCUT2D eigenvalue weighted by Crippen LogP contribution is -2.28. The van der Waals surface area contributed by atoms with Crippen molar-refractivity contribution in [1.82, 2.24) is 5.32 Å². The number of amides is 3. The normalized spacial score (nSPS) is 9.91. The molecule has 0 radical (unpaired) electrons. The fourth-order valence-corrected chi connectivity index (χ4v) is 2.05. The molecule has 0 saturated carbocycles. The molecule has 2 aromatic rings. The first-order valence-corrected chi connectivity index (χ1v) is 7.12. The molecule has 0 aliphatic rings. The summed E-state index contributed by atoms with van der Waals surface area (Å²) in [4.78, 5) is 24.0. The van der Waals surface area contributed by atoms with Gasteiger partial charge in [-0.15, -0.1) is 0 Å². The highest BCUT2D eigenvalue weighted by Crippen LogP contribution is 2.22. The van der Waals surface area contributed by atoms with E-state index in [9.17, 15) is 9.59 Å². The molecule has 0 aliphatic carbocycles. The highest BCUT2D eigenvalue weighted by Gasteiger charge is 2.11. The second-order valence-corrected chi connectivity index (χ2v) is 4.80. The van der Waals surface area contributed by atoms with Crippen LogP contribution in [0.25, 0.3) is 0 Å². The SMILES string of the molecule is CCNC(=O)Nc1ccccc1NC(=O)c1ccccc1C. The smallest absolute Gasteiger partial charge is 0.319 e. The van der Waals surface area contributed by atoms with E-state index >= 15 is 0 Å². The molecule has 3 N–H and O–H groups in total. The Morgan fingerprint density at radius 3 is 2.14 bits per heavy atom. The first-order chi connectivity index (χ1) is 10.6. The van der Waals surface area contributed by atoms with E-state index in [-0.39, 0.29) is 11.9 Å². The Labute approximate surface area is 129 Å². The molecule has 114 valence electrons. The number of carbonyl (C=O) groups is 2. The van der Waals surface area contributed by atoms with Gasteiger partial charge in [0.05, 0.1) is 11.4 Å². The van der Waals surface area contributed by atoms with Gasteiger partial charge in [0.1, 0.15) is 0 Å². The molecule has 2 aromatic carbocycles. The molecule has 5 nitrogen and oxygen atoms in total. The Hall–Kier alpha value is -2.82. The van der Waals surface area contributed by atoms with Gasteiger partial charge in [-0.2, -0.15) is 0 Å². The van der Waals surface area contributed by atoms with Crippen LogP contribution in [0.4, 0.5) is 16.2 Å². The summed E-state index contributed by atoms with van der Waals surface area (Å²) in [5.41, 5.74) is 2.61. The summed E-state index contributed by atoms with van der Waals surface area (Å²) in [7, 11) is 0. The van der Waals surface area contributed by atoms with E-state index in [1.54, 1.807) is 30.3 Å². The van der Waals surface area contributed by atoms with E-state index in [2.05, 4.69) is 16.0 Å². The van der Waals surface area contributed by atoms with E-state index in [0.717, 1.165) is 5.56 Å². The van der Waals surface area contributed by atoms with Crippen molar-refractivity contribution in [3.8, 4) is 0 Å². The average Bonchev–Trinajstić information content (AvgIpc) is 2.50. The molecule has 0 bridgehead atoms. The average molecular weight is 297 g/mol. The Morgan fingerprint density at radius 2 is 1.50 bits per heavy atom. The fourth-order valence-electron chi connectivity index (χ4n) is 2.05. The van der Waals surface area contributed by atoms with Crippen LogP contribution in [-0.2, 0) is 0 Å². The van der Waals surface area contributed by atoms with Crippen molar-refractivity contribution in [2.24, 2.45) is 0 Å². The number of rotatable bonds is 4. The summed E-state index contributed by atoms with van der Waals surface area (Å²) in [6.45, 7) is 4.25. The number of hydrogen-bond acceptors (Lipinski definition) is 2. The summed E-state index contributed by atoms with van der Waals surface area (Å²) in [6, 6.07) is 14.1. The molecule has 0 atom stereocenters. The number of hydrogen-bond donors (Lipinski definition) is 3. The molecule has 3 amide bonds. The molecule has 5 heteroatoms. The van der Waals surface area contributed by atoms with Gasteiger partial charge >= 0.3 is 6.03 Å². The van der Waals surface area contributed by atoms with Gasteiger partial charge in [0.2, 0.25) is 0 Å². The second kappa shape index (κ2) is 7.26. The Morgan fingerprint density at radius 1 is 0.909 bits per heavy atom. The van der Waals surface area contributed by atoms with Crippen LogP contribution in [0.2, 0.25) is 0 Å². The van der Waals surface area contributed by atoms with Crippen molar-refractivity contribution in [2.75, 3.05) is 17.2 Å². The van der Waals surface area contributed by atoms with E-state index in [1.165, 1.54) is 0 Å². The molecule has 22 heavy (non-hydrogen) atoms.